The van der Waals surface area contributed by atoms with Crippen molar-refractivity contribution in [2.75, 3.05) is 53.0 Å². The first-order valence-electron chi connectivity index (χ1n) is 13.4. The van der Waals surface area contributed by atoms with Gasteiger partial charge in [0, 0.05) is 50.7 Å². The molecule has 2 aliphatic heterocycles. The SMILES string of the molecule is COC(=O)N1CCN(C(C)(C)/C=C(\C#N)C(=O)N2CC[C@H](COC(=O)N[C@@H](Cc3ccccc3)B(O)O)C2)CC1. The van der Waals surface area contributed by atoms with Crippen LogP contribution in [0.1, 0.15) is 25.8 Å². The van der Waals surface area contributed by atoms with Gasteiger partial charge in [0.1, 0.15) is 11.6 Å². The minimum Gasteiger partial charge on any atom is -0.453 e. The topological polar surface area (TPSA) is 156 Å². The Hall–Kier alpha value is -3.60. The zero-order valence-corrected chi connectivity index (χ0v) is 23.3. The van der Waals surface area contributed by atoms with Gasteiger partial charge in [0.05, 0.1) is 19.7 Å². The van der Waals surface area contributed by atoms with Gasteiger partial charge in [0.25, 0.3) is 5.91 Å². The standard InChI is InChI=1S/C27H38BN5O7/c1-27(2,33-13-11-31(12-14-33)26(36)39-3)16-22(17-29)24(34)32-10-9-21(18-32)19-40-25(35)30-23(28(37)38)15-20-7-5-4-6-8-20/h4-8,16,21,23,37-38H,9-15,18-19H2,1-3H3,(H,30,35)/b22-16+/t21-,23-/m0/s1. The molecule has 13 heteroatoms. The second-order valence-corrected chi connectivity index (χ2v) is 10.6. The molecule has 3 rings (SSSR count). The Labute approximate surface area is 235 Å². The molecule has 0 bridgehead atoms. The number of alkyl carbamates (subject to hydrolysis) is 1. The molecule has 1 aromatic rings. The van der Waals surface area contributed by atoms with Gasteiger partial charge in [-0.15, -0.1) is 0 Å². The Morgan fingerprint density at radius 3 is 2.42 bits per heavy atom. The van der Waals surface area contributed by atoms with Crippen LogP contribution in [-0.2, 0) is 20.7 Å². The van der Waals surface area contributed by atoms with E-state index in [1.165, 1.54) is 7.11 Å². The number of carbonyl (C=O) groups is 3. The van der Waals surface area contributed by atoms with E-state index in [9.17, 15) is 29.7 Å². The van der Waals surface area contributed by atoms with Crippen LogP contribution >= 0.6 is 0 Å². The summed E-state index contributed by atoms with van der Waals surface area (Å²) in [6, 6.07) is 11.2. The fourth-order valence-corrected chi connectivity index (χ4v) is 4.99. The predicted octanol–water partition coefficient (Wildman–Crippen LogP) is 0.797. The lowest BCUT2D eigenvalue weighted by Gasteiger charge is -2.42. The van der Waals surface area contributed by atoms with Crippen molar-refractivity contribution in [2.45, 2.75) is 38.2 Å². The maximum Gasteiger partial charge on any atom is 0.475 e. The summed E-state index contributed by atoms with van der Waals surface area (Å²) in [4.78, 5) is 42.6. The summed E-state index contributed by atoms with van der Waals surface area (Å²) in [5, 5.41) is 31.6. The van der Waals surface area contributed by atoms with Gasteiger partial charge in [0.2, 0.25) is 0 Å². The average molecular weight is 555 g/mol. The highest BCUT2D eigenvalue weighted by Gasteiger charge is 2.34. The van der Waals surface area contributed by atoms with E-state index in [1.807, 2.05) is 50.2 Å². The molecule has 3 amide bonds. The second kappa shape index (κ2) is 14.2. The smallest absolute Gasteiger partial charge is 0.453 e. The van der Waals surface area contributed by atoms with Crippen LogP contribution in [-0.4, -0.2) is 114 Å². The molecule has 216 valence electrons. The van der Waals surface area contributed by atoms with Crippen LogP contribution < -0.4 is 5.32 Å². The number of nitrogens with one attached hydrogen (secondary N) is 1. The third kappa shape index (κ3) is 8.45. The highest BCUT2D eigenvalue weighted by atomic mass is 16.6. The fourth-order valence-electron chi connectivity index (χ4n) is 4.99. The Bertz CT molecular complexity index is 1100. The first-order valence-corrected chi connectivity index (χ1v) is 13.4. The number of likely N-dealkylation sites (tertiary alicyclic amines) is 1. The third-order valence-corrected chi connectivity index (χ3v) is 7.36. The summed E-state index contributed by atoms with van der Waals surface area (Å²) in [5.41, 5.74) is 0.288. The molecule has 0 radical (unpaired) electrons. The number of methoxy groups -OCH3 is 1. The molecule has 3 N–H and O–H groups in total. The van der Waals surface area contributed by atoms with Gasteiger partial charge < -0.3 is 34.6 Å². The number of rotatable bonds is 9. The van der Waals surface area contributed by atoms with E-state index in [1.54, 1.807) is 15.9 Å². The van der Waals surface area contributed by atoms with Gasteiger partial charge in [0.15, 0.2) is 0 Å². The normalized spacial score (nSPS) is 19.0. The van der Waals surface area contributed by atoms with E-state index >= 15 is 0 Å². The Morgan fingerprint density at radius 2 is 1.82 bits per heavy atom. The second-order valence-electron chi connectivity index (χ2n) is 10.6. The quantitative estimate of drug-likeness (QED) is 0.228. The summed E-state index contributed by atoms with van der Waals surface area (Å²) < 4.78 is 10.1. The minimum absolute atomic E-state index is 0.0420. The lowest BCUT2D eigenvalue weighted by Crippen LogP contribution is -2.55. The number of hydrogen-bond donors (Lipinski definition) is 3. The van der Waals surface area contributed by atoms with Crippen LogP contribution in [0.3, 0.4) is 0 Å². The summed E-state index contributed by atoms with van der Waals surface area (Å²) >= 11 is 0. The lowest BCUT2D eigenvalue weighted by atomic mass is 9.76. The number of nitriles is 1. The number of amides is 3. The summed E-state index contributed by atoms with van der Waals surface area (Å²) in [6.45, 7) is 6.81. The molecule has 40 heavy (non-hydrogen) atoms. The van der Waals surface area contributed by atoms with Crippen LogP contribution in [0.4, 0.5) is 9.59 Å². The molecule has 0 aliphatic carbocycles. The summed E-state index contributed by atoms with van der Waals surface area (Å²) in [6.07, 6.45) is 1.36. The first kappa shape index (κ1) is 30.9. The Kier molecular flexibility index (Phi) is 11.0. The van der Waals surface area contributed by atoms with Gasteiger partial charge in [-0.05, 0) is 38.3 Å². The van der Waals surface area contributed by atoms with Crippen molar-refractivity contribution in [3.05, 3.63) is 47.5 Å². The zero-order chi connectivity index (χ0) is 29.3. The van der Waals surface area contributed by atoms with E-state index < -0.39 is 24.7 Å². The van der Waals surface area contributed by atoms with Gasteiger partial charge in [-0.25, -0.2) is 9.59 Å². The van der Waals surface area contributed by atoms with E-state index in [4.69, 9.17) is 9.47 Å². The van der Waals surface area contributed by atoms with E-state index in [-0.39, 0.29) is 36.5 Å². The fraction of sp³-hybridized carbons (Fsp3) is 0.556. The van der Waals surface area contributed by atoms with Gasteiger partial charge in [-0.2, -0.15) is 5.26 Å². The maximum absolute atomic E-state index is 13.2. The number of ether oxygens (including phenoxy) is 2. The molecule has 0 saturated carbocycles. The lowest BCUT2D eigenvalue weighted by molar-refractivity contribution is -0.125. The highest BCUT2D eigenvalue weighted by Crippen LogP contribution is 2.23. The number of benzene rings is 1. The van der Waals surface area contributed by atoms with Crippen LogP contribution in [0.2, 0.25) is 0 Å². The van der Waals surface area contributed by atoms with Crippen LogP contribution in [0, 0.1) is 17.2 Å². The number of hydrogen-bond acceptors (Lipinski definition) is 9. The van der Waals surface area contributed by atoms with Crippen molar-refractivity contribution in [1.29, 1.82) is 5.26 Å². The molecular formula is C27H38BN5O7. The molecule has 1 aromatic carbocycles. The monoisotopic (exact) mass is 555 g/mol. The molecule has 2 saturated heterocycles. The summed E-state index contributed by atoms with van der Waals surface area (Å²) in [7, 11) is -0.411. The maximum atomic E-state index is 13.2. The largest absolute Gasteiger partial charge is 0.475 e. The molecule has 0 unspecified atom stereocenters. The van der Waals surface area contributed by atoms with Gasteiger partial charge in [-0.1, -0.05) is 30.3 Å². The molecule has 0 spiro atoms. The minimum atomic E-state index is -1.76. The van der Waals surface area contributed by atoms with E-state index in [2.05, 4.69) is 10.2 Å². The zero-order valence-electron chi connectivity index (χ0n) is 23.3. The van der Waals surface area contributed by atoms with Crippen molar-refractivity contribution >= 4 is 25.2 Å². The summed E-state index contributed by atoms with van der Waals surface area (Å²) in [5.74, 6) is -1.42. The Balaban J connectivity index is 1.50. The van der Waals surface area contributed by atoms with Crippen LogP contribution in [0.25, 0.3) is 0 Å². The first-order chi connectivity index (χ1) is 19.0. The van der Waals surface area contributed by atoms with Crippen molar-refractivity contribution in [2.24, 2.45) is 5.92 Å². The molecule has 2 fully saturated rings. The van der Waals surface area contributed by atoms with E-state index in [0.717, 1.165) is 5.56 Å². The highest BCUT2D eigenvalue weighted by molar-refractivity contribution is 6.43. The Morgan fingerprint density at radius 1 is 1.15 bits per heavy atom. The third-order valence-electron chi connectivity index (χ3n) is 7.36. The van der Waals surface area contributed by atoms with Crippen LogP contribution in [0.5, 0.6) is 0 Å². The van der Waals surface area contributed by atoms with Gasteiger partial charge >= 0.3 is 19.3 Å². The molecule has 12 nitrogen and oxygen atoms in total. The predicted molar refractivity (Wildman–Crippen MR) is 147 cm³/mol. The van der Waals surface area contributed by atoms with Crippen molar-refractivity contribution in [3.63, 3.8) is 0 Å². The van der Waals surface area contributed by atoms with Crippen molar-refractivity contribution in [3.8, 4) is 6.07 Å². The van der Waals surface area contributed by atoms with Crippen molar-refractivity contribution in [1.82, 2.24) is 20.0 Å². The molecular weight excluding hydrogens is 517 g/mol. The molecule has 2 aliphatic rings. The van der Waals surface area contributed by atoms with Gasteiger partial charge in [-0.3, -0.25) is 9.69 Å². The number of carbonyl (C=O) groups excluding carboxylic acids is 3. The average Bonchev–Trinajstić information content (AvgIpc) is 3.43. The van der Waals surface area contributed by atoms with E-state index in [0.29, 0.717) is 45.7 Å². The molecule has 2 heterocycles. The van der Waals surface area contributed by atoms with Crippen LogP contribution in [0.15, 0.2) is 42.0 Å². The molecule has 0 aromatic heterocycles. The van der Waals surface area contributed by atoms with Crippen molar-refractivity contribution < 1.29 is 33.9 Å². The number of nitrogens with zero attached hydrogens (tertiary/aromatic N) is 4. The number of piperazine rings is 1. The molecule has 2 atom stereocenters.